The number of nitrogens with zero attached hydrogens (tertiary/aromatic N) is 3. The van der Waals surface area contributed by atoms with Crippen LogP contribution in [0.25, 0.3) is 0 Å². The number of hydrogen-bond donors (Lipinski definition) is 0. The topological polar surface area (TPSA) is 68.5 Å². The molecule has 6 nitrogen and oxygen atoms in total. The Bertz CT molecular complexity index is 731. The summed E-state index contributed by atoms with van der Waals surface area (Å²) >= 11 is 6.05. The average molecular weight is 336 g/mol. The van der Waals surface area contributed by atoms with Gasteiger partial charge >= 0.3 is 0 Å². The molecule has 0 saturated carbocycles. The quantitative estimate of drug-likeness (QED) is 0.844. The first-order chi connectivity index (χ1) is 11.0. The second-order valence-electron chi connectivity index (χ2n) is 5.66. The molecule has 122 valence electrons. The highest BCUT2D eigenvalue weighted by molar-refractivity contribution is 6.31. The number of aromatic nitrogens is 2. The molecule has 1 aliphatic rings. The van der Waals surface area contributed by atoms with E-state index in [1.165, 1.54) is 0 Å². The van der Waals surface area contributed by atoms with Crippen molar-refractivity contribution in [2.45, 2.75) is 32.9 Å². The first kappa shape index (κ1) is 16.0. The summed E-state index contributed by atoms with van der Waals surface area (Å²) in [6.45, 7) is 6.46. The number of aryl methyl sites for hydroxylation is 2. The molecule has 1 aromatic heterocycles. The molecule has 2 heterocycles. The molecule has 7 heteroatoms. The number of benzene rings is 1. The predicted octanol–water partition coefficient (Wildman–Crippen LogP) is 2.94. The lowest BCUT2D eigenvalue weighted by atomic mass is 10.0. The maximum absolute atomic E-state index is 13.0. The van der Waals surface area contributed by atoms with Crippen LogP contribution in [0, 0.1) is 13.8 Å². The normalized spacial score (nSPS) is 21.5. The maximum Gasteiger partial charge on any atom is 0.255 e. The molecular weight excluding hydrogens is 318 g/mol. The Morgan fingerprint density at radius 2 is 2.17 bits per heavy atom. The van der Waals surface area contributed by atoms with Gasteiger partial charge in [-0.15, -0.1) is 0 Å². The Kier molecular flexibility index (Phi) is 4.37. The zero-order valence-electron chi connectivity index (χ0n) is 13.2. The van der Waals surface area contributed by atoms with Gasteiger partial charge in [-0.1, -0.05) is 22.8 Å². The summed E-state index contributed by atoms with van der Waals surface area (Å²) in [6.07, 6.45) is -0.230. The van der Waals surface area contributed by atoms with Gasteiger partial charge in [0.15, 0.2) is 5.82 Å². The minimum Gasteiger partial charge on any atom is -0.374 e. The number of amides is 1. The third kappa shape index (κ3) is 3.09. The fourth-order valence-electron chi connectivity index (χ4n) is 2.80. The predicted molar refractivity (Wildman–Crippen MR) is 84.4 cm³/mol. The van der Waals surface area contributed by atoms with E-state index in [2.05, 4.69) is 10.1 Å². The number of rotatable bonds is 2. The fraction of sp³-hybridized carbons (Fsp3) is 0.438. The Hall–Kier alpha value is -1.92. The van der Waals surface area contributed by atoms with Gasteiger partial charge in [0.1, 0.15) is 6.04 Å². The van der Waals surface area contributed by atoms with E-state index < -0.39 is 6.04 Å². The van der Waals surface area contributed by atoms with Crippen LogP contribution >= 0.6 is 11.6 Å². The molecule has 23 heavy (non-hydrogen) atoms. The molecule has 0 aliphatic carbocycles. The first-order valence-electron chi connectivity index (χ1n) is 7.46. The molecule has 2 atom stereocenters. The largest absolute Gasteiger partial charge is 0.374 e. The van der Waals surface area contributed by atoms with Crippen molar-refractivity contribution in [1.82, 2.24) is 15.0 Å². The van der Waals surface area contributed by atoms with E-state index in [-0.39, 0.29) is 12.0 Å². The fourth-order valence-corrected chi connectivity index (χ4v) is 2.97. The van der Waals surface area contributed by atoms with E-state index in [1.807, 2.05) is 19.9 Å². The van der Waals surface area contributed by atoms with Gasteiger partial charge in [0, 0.05) is 17.1 Å². The second-order valence-corrected chi connectivity index (χ2v) is 6.09. The second kappa shape index (κ2) is 6.29. The van der Waals surface area contributed by atoms with Gasteiger partial charge in [0.25, 0.3) is 11.8 Å². The van der Waals surface area contributed by atoms with Crippen LogP contribution in [0.15, 0.2) is 22.7 Å². The van der Waals surface area contributed by atoms with Crippen LogP contribution in [-0.2, 0) is 4.74 Å². The smallest absolute Gasteiger partial charge is 0.255 e. The summed E-state index contributed by atoms with van der Waals surface area (Å²) in [5, 5.41) is 4.36. The molecule has 0 unspecified atom stereocenters. The molecular formula is C16H18ClN3O3. The van der Waals surface area contributed by atoms with Crippen molar-refractivity contribution >= 4 is 17.5 Å². The summed E-state index contributed by atoms with van der Waals surface area (Å²) in [4.78, 5) is 19.0. The van der Waals surface area contributed by atoms with E-state index in [9.17, 15) is 4.79 Å². The van der Waals surface area contributed by atoms with Crippen LogP contribution in [0.3, 0.4) is 0 Å². The van der Waals surface area contributed by atoms with Crippen LogP contribution in [0.4, 0.5) is 0 Å². The standard InChI is InChI=1S/C16H18ClN3O3/c1-9-4-5-12(17)8-13(9)16(21)20-6-7-22-10(2)14(20)15-18-11(3)19-23-15/h4-5,8,10,14H,6-7H2,1-3H3/t10-,14+/m1/s1. The summed E-state index contributed by atoms with van der Waals surface area (Å²) in [6, 6.07) is 4.89. The summed E-state index contributed by atoms with van der Waals surface area (Å²) in [5.74, 6) is 0.813. The Balaban J connectivity index is 1.98. The molecule has 1 aromatic carbocycles. The number of morpholine rings is 1. The monoisotopic (exact) mass is 335 g/mol. The van der Waals surface area contributed by atoms with Gasteiger partial charge in [0.05, 0.1) is 12.7 Å². The Morgan fingerprint density at radius 1 is 1.39 bits per heavy atom. The van der Waals surface area contributed by atoms with Crippen LogP contribution in [0.5, 0.6) is 0 Å². The number of carbonyl (C=O) groups excluding carboxylic acids is 1. The van der Waals surface area contributed by atoms with E-state index in [4.69, 9.17) is 20.9 Å². The molecule has 1 aliphatic heterocycles. The van der Waals surface area contributed by atoms with Gasteiger partial charge in [0.2, 0.25) is 0 Å². The Morgan fingerprint density at radius 3 is 2.87 bits per heavy atom. The molecule has 1 saturated heterocycles. The van der Waals surface area contributed by atoms with Crippen molar-refractivity contribution in [3.8, 4) is 0 Å². The number of halogens is 1. The van der Waals surface area contributed by atoms with Crippen LogP contribution in [0.2, 0.25) is 5.02 Å². The molecule has 0 N–H and O–H groups in total. The lowest BCUT2D eigenvalue weighted by molar-refractivity contribution is -0.0600. The van der Waals surface area contributed by atoms with E-state index in [0.29, 0.717) is 35.5 Å². The van der Waals surface area contributed by atoms with Crippen molar-refractivity contribution in [3.63, 3.8) is 0 Å². The molecule has 2 aromatic rings. The summed E-state index contributed by atoms with van der Waals surface area (Å²) in [5.41, 5.74) is 1.45. The van der Waals surface area contributed by atoms with Crippen LogP contribution in [-0.4, -0.2) is 40.2 Å². The van der Waals surface area contributed by atoms with Gasteiger partial charge < -0.3 is 14.2 Å². The zero-order valence-corrected chi connectivity index (χ0v) is 14.0. The van der Waals surface area contributed by atoms with E-state index in [1.54, 1.807) is 24.0 Å². The molecule has 3 rings (SSSR count). The third-order valence-corrected chi connectivity index (χ3v) is 4.22. The van der Waals surface area contributed by atoms with E-state index >= 15 is 0 Å². The molecule has 1 fully saturated rings. The van der Waals surface area contributed by atoms with Crippen molar-refractivity contribution in [1.29, 1.82) is 0 Å². The highest BCUT2D eigenvalue weighted by atomic mass is 35.5. The van der Waals surface area contributed by atoms with Crippen molar-refractivity contribution in [2.75, 3.05) is 13.2 Å². The van der Waals surface area contributed by atoms with Gasteiger partial charge in [-0.2, -0.15) is 4.98 Å². The highest BCUT2D eigenvalue weighted by Gasteiger charge is 2.38. The molecule has 0 spiro atoms. The zero-order chi connectivity index (χ0) is 16.6. The molecule has 0 radical (unpaired) electrons. The van der Waals surface area contributed by atoms with Crippen molar-refractivity contribution in [2.24, 2.45) is 0 Å². The number of carbonyl (C=O) groups is 1. The van der Waals surface area contributed by atoms with E-state index in [0.717, 1.165) is 5.56 Å². The number of ether oxygens (including phenoxy) is 1. The number of hydrogen-bond acceptors (Lipinski definition) is 5. The van der Waals surface area contributed by atoms with Gasteiger partial charge in [-0.25, -0.2) is 0 Å². The maximum atomic E-state index is 13.0. The third-order valence-electron chi connectivity index (χ3n) is 3.98. The minimum atomic E-state index is -0.407. The van der Waals surface area contributed by atoms with Gasteiger partial charge in [-0.05, 0) is 38.5 Å². The molecule has 1 amide bonds. The first-order valence-corrected chi connectivity index (χ1v) is 7.84. The van der Waals surface area contributed by atoms with Crippen LogP contribution < -0.4 is 0 Å². The lowest BCUT2D eigenvalue weighted by Gasteiger charge is -2.37. The summed E-state index contributed by atoms with van der Waals surface area (Å²) in [7, 11) is 0. The Labute approximate surface area is 139 Å². The lowest BCUT2D eigenvalue weighted by Crippen LogP contribution is -2.47. The van der Waals surface area contributed by atoms with Gasteiger partial charge in [-0.3, -0.25) is 4.79 Å². The molecule has 0 bridgehead atoms. The van der Waals surface area contributed by atoms with Crippen LogP contribution in [0.1, 0.15) is 40.6 Å². The SMILES string of the molecule is Cc1noc([C@@H]2[C@@H](C)OCCN2C(=O)c2cc(Cl)ccc2C)n1. The minimum absolute atomic E-state index is 0.110. The van der Waals surface area contributed by atoms with Crippen molar-refractivity contribution < 1.29 is 14.1 Å². The summed E-state index contributed by atoms with van der Waals surface area (Å²) < 4.78 is 11.0. The average Bonchev–Trinajstić information content (AvgIpc) is 2.95. The highest BCUT2D eigenvalue weighted by Crippen LogP contribution is 2.30. The van der Waals surface area contributed by atoms with Crippen molar-refractivity contribution in [3.05, 3.63) is 46.1 Å².